The molecule has 0 saturated carbocycles. The molecule has 0 amide bonds. The second-order valence-corrected chi connectivity index (χ2v) is 9.04. The molecule has 5 rings (SSSR count). The Kier molecular flexibility index (Phi) is 3.95. The zero-order valence-electron chi connectivity index (χ0n) is 17.3. The molecular weight excluding hydrogens is 356 g/mol. The molecule has 0 aliphatic rings. The highest BCUT2D eigenvalue weighted by molar-refractivity contribution is 6.16. The zero-order chi connectivity index (χ0) is 20.2. The van der Waals surface area contributed by atoms with Crippen LogP contribution in [0.4, 0.5) is 0 Å². The Hall–Kier alpha value is -3.20. The van der Waals surface area contributed by atoms with Gasteiger partial charge in [0.1, 0.15) is 11.1 Å². The van der Waals surface area contributed by atoms with Gasteiger partial charge in [-0.25, -0.2) is 0 Å². The number of aryl methyl sites for hydroxylation is 1. The summed E-state index contributed by atoms with van der Waals surface area (Å²) in [5.74, 6) is 0. The lowest BCUT2D eigenvalue weighted by Gasteiger charge is -2.20. The van der Waals surface area contributed by atoms with Gasteiger partial charge in [0.25, 0.3) is 0 Å². The number of para-hydroxylation sites is 1. The van der Waals surface area contributed by atoms with E-state index in [0.717, 1.165) is 50.5 Å². The molecule has 3 heterocycles. The highest BCUT2D eigenvalue weighted by Gasteiger charge is 2.18. The minimum absolute atomic E-state index is 0.222. The van der Waals surface area contributed by atoms with Gasteiger partial charge in [0.2, 0.25) is 0 Å². The van der Waals surface area contributed by atoms with Crippen LogP contribution in [0.15, 0.2) is 65.3 Å². The van der Waals surface area contributed by atoms with Crippen LogP contribution in [0.2, 0.25) is 0 Å². The summed E-state index contributed by atoms with van der Waals surface area (Å²) in [7, 11) is 0. The molecule has 5 aromatic rings. The quantitative estimate of drug-likeness (QED) is 0.328. The van der Waals surface area contributed by atoms with E-state index in [-0.39, 0.29) is 5.41 Å². The van der Waals surface area contributed by atoms with Crippen LogP contribution in [-0.2, 0) is 6.42 Å². The van der Waals surface area contributed by atoms with Crippen LogP contribution in [0.1, 0.15) is 31.9 Å². The maximum atomic E-state index is 6.42. The van der Waals surface area contributed by atoms with E-state index >= 15 is 0 Å². The fourth-order valence-electron chi connectivity index (χ4n) is 4.07. The van der Waals surface area contributed by atoms with Gasteiger partial charge in [-0.05, 0) is 54.2 Å². The van der Waals surface area contributed by atoms with Gasteiger partial charge in [-0.2, -0.15) is 0 Å². The number of benzene rings is 2. The summed E-state index contributed by atoms with van der Waals surface area (Å²) in [6, 6.07) is 16.8. The van der Waals surface area contributed by atoms with Crippen molar-refractivity contribution < 1.29 is 4.42 Å². The van der Waals surface area contributed by atoms with Gasteiger partial charge in [-0.3, -0.25) is 9.97 Å². The maximum Gasteiger partial charge on any atom is 0.161 e. The van der Waals surface area contributed by atoms with Gasteiger partial charge in [0, 0.05) is 34.1 Å². The molecular formula is C26H24N2O. The molecule has 0 aliphatic heterocycles. The fourth-order valence-corrected chi connectivity index (χ4v) is 4.07. The summed E-state index contributed by atoms with van der Waals surface area (Å²) in [6.45, 7) is 8.94. The summed E-state index contributed by atoms with van der Waals surface area (Å²) in [4.78, 5) is 9.31. The molecule has 3 aromatic heterocycles. The lowest BCUT2D eigenvalue weighted by atomic mass is 9.86. The van der Waals surface area contributed by atoms with Crippen LogP contribution in [0.3, 0.4) is 0 Å². The minimum atomic E-state index is 0.222. The topological polar surface area (TPSA) is 38.9 Å². The average Bonchev–Trinajstić information content (AvgIpc) is 3.08. The number of pyridine rings is 2. The predicted molar refractivity (Wildman–Crippen MR) is 120 cm³/mol. The Morgan fingerprint density at radius 3 is 2.55 bits per heavy atom. The van der Waals surface area contributed by atoms with E-state index < -0.39 is 0 Å². The van der Waals surface area contributed by atoms with E-state index in [2.05, 4.69) is 75.1 Å². The monoisotopic (exact) mass is 380 g/mol. The fraction of sp³-hybridized carbons (Fsp3) is 0.231. The number of hydrogen-bond acceptors (Lipinski definition) is 3. The molecule has 0 spiro atoms. The molecule has 0 bridgehead atoms. The van der Waals surface area contributed by atoms with Crippen LogP contribution < -0.4 is 0 Å². The van der Waals surface area contributed by atoms with Crippen LogP contribution in [0.5, 0.6) is 0 Å². The van der Waals surface area contributed by atoms with Gasteiger partial charge >= 0.3 is 0 Å². The van der Waals surface area contributed by atoms with Crippen molar-refractivity contribution in [1.82, 2.24) is 9.97 Å². The number of aromatic nitrogens is 2. The number of rotatable bonds is 2. The van der Waals surface area contributed by atoms with Crippen LogP contribution in [0.25, 0.3) is 44.1 Å². The first-order valence-electron chi connectivity index (χ1n) is 10.1. The minimum Gasteiger partial charge on any atom is -0.453 e. The molecule has 0 aliphatic carbocycles. The van der Waals surface area contributed by atoms with Crippen molar-refractivity contribution in [3.63, 3.8) is 0 Å². The Labute approximate surface area is 170 Å². The molecule has 0 unspecified atom stereocenters. The first-order chi connectivity index (χ1) is 13.9. The summed E-state index contributed by atoms with van der Waals surface area (Å²) in [5.41, 5.74) is 7.39. The number of fused-ring (bicyclic) bond motifs is 5. The first kappa shape index (κ1) is 17.9. The standard InChI is InChI=1S/C26H24N2O/c1-16-15-28-22(13-18(16)14-26(2,3)4)21-9-5-8-19-20-11-10-17-7-6-12-27-23(17)25(20)29-24(19)21/h5-13,15H,14H2,1-4H3. The summed E-state index contributed by atoms with van der Waals surface area (Å²) in [5, 5.41) is 3.28. The van der Waals surface area contributed by atoms with Crippen molar-refractivity contribution in [2.45, 2.75) is 34.1 Å². The van der Waals surface area contributed by atoms with Crippen molar-refractivity contribution in [2.75, 3.05) is 0 Å². The van der Waals surface area contributed by atoms with E-state index in [0.29, 0.717) is 0 Å². The van der Waals surface area contributed by atoms with Crippen LogP contribution >= 0.6 is 0 Å². The van der Waals surface area contributed by atoms with Crippen molar-refractivity contribution in [3.8, 4) is 11.3 Å². The Balaban J connectivity index is 1.76. The van der Waals surface area contributed by atoms with Gasteiger partial charge in [0.05, 0.1) is 5.69 Å². The van der Waals surface area contributed by atoms with Gasteiger partial charge < -0.3 is 4.42 Å². The molecule has 3 nitrogen and oxygen atoms in total. The van der Waals surface area contributed by atoms with Crippen molar-refractivity contribution >= 4 is 32.8 Å². The van der Waals surface area contributed by atoms with Crippen molar-refractivity contribution in [1.29, 1.82) is 0 Å². The Morgan fingerprint density at radius 1 is 0.897 bits per heavy atom. The largest absolute Gasteiger partial charge is 0.453 e. The normalized spacial score (nSPS) is 12.3. The zero-order valence-corrected chi connectivity index (χ0v) is 17.3. The maximum absolute atomic E-state index is 6.42. The van der Waals surface area contributed by atoms with E-state index in [1.807, 2.05) is 18.5 Å². The smallest absolute Gasteiger partial charge is 0.161 e. The number of furan rings is 1. The van der Waals surface area contributed by atoms with Gasteiger partial charge in [0.15, 0.2) is 5.58 Å². The second-order valence-electron chi connectivity index (χ2n) is 9.04. The van der Waals surface area contributed by atoms with Gasteiger partial charge in [-0.15, -0.1) is 0 Å². The molecule has 0 N–H and O–H groups in total. The third-order valence-electron chi connectivity index (χ3n) is 5.45. The van der Waals surface area contributed by atoms with E-state index in [4.69, 9.17) is 9.40 Å². The highest BCUT2D eigenvalue weighted by Crippen LogP contribution is 2.38. The highest BCUT2D eigenvalue weighted by atomic mass is 16.3. The first-order valence-corrected chi connectivity index (χ1v) is 10.1. The summed E-state index contributed by atoms with van der Waals surface area (Å²) in [6.07, 6.45) is 4.81. The molecule has 0 saturated heterocycles. The van der Waals surface area contributed by atoms with E-state index in [1.54, 1.807) is 0 Å². The lowest BCUT2D eigenvalue weighted by Crippen LogP contribution is -2.10. The molecule has 29 heavy (non-hydrogen) atoms. The molecule has 0 radical (unpaired) electrons. The average molecular weight is 380 g/mol. The van der Waals surface area contributed by atoms with Gasteiger partial charge in [-0.1, -0.05) is 45.0 Å². The van der Waals surface area contributed by atoms with Crippen molar-refractivity contribution in [2.24, 2.45) is 5.41 Å². The molecule has 144 valence electrons. The molecule has 0 fully saturated rings. The third kappa shape index (κ3) is 3.07. The predicted octanol–water partition coefficient (Wildman–Crippen LogP) is 7.09. The molecule has 3 heteroatoms. The Morgan fingerprint density at radius 2 is 1.72 bits per heavy atom. The number of hydrogen-bond donors (Lipinski definition) is 0. The van der Waals surface area contributed by atoms with E-state index in [9.17, 15) is 0 Å². The summed E-state index contributed by atoms with van der Waals surface area (Å²) < 4.78 is 6.42. The Bertz CT molecular complexity index is 1370. The van der Waals surface area contributed by atoms with Crippen molar-refractivity contribution in [3.05, 3.63) is 72.1 Å². The SMILES string of the molecule is Cc1cnc(-c2cccc3c2oc2c3ccc3cccnc32)cc1CC(C)(C)C. The molecule has 2 aromatic carbocycles. The van der Waals surface area contributed by atoms with E-state index in [1.165, 1.54) is 11.1 Å². The lowest BCUT2D eigenvalue weighted by molar-refractivity contribution is 0.410. The molecule has 0 atom stereocenters. The summed E-state index contributed by atoms with van der Waals surface area (Å²) >= 11 is 0. The third-order valence-corrected chi connectivity index (χ3v) is 5.45. The number of nitrogens with zero attached hydrogens (tertiary/aromatic N) is 2. The van der Waals surface area contributed by atoms with Crippen LogP contribution in [-0.4, -0.2) is 9.97 Å². The van der Waals surface area contributed by atoms with Crippen LogP contribution in [0, 0.1) is 12.3 Å². The second kappa shape index (κ2) is 6.41.